The molecule has 0 spiro atoms. The number of carbonyl (C=O) groups excluding carboxylic acids is 1. The normalized spacial score (nSPS) is 21.4. The smallest absolute Gasteiger partial charge is 0.306 e. The molecule has 0 amide bonds. The Labute approximate surface area is 312 Å². The Balaban J connectivity index is 2.23. The highest BCUT2D eigenvalue weighted by atomic mass is 16.7. The topological polar surface area (TPSA) is 135 Å². The summed E-state index contributed by atoms with van der Waals surface area (Å²) in [6.45, 7) is 4.55. The molecular formula is C42H80O9. The van der Waals surface area contributed by atoms with Crippen molar-refractivity contribution < 1.29 is 44.2 Å². The second kappa shape index (κ2) is 34.7. The molecular weight excluding hydrogens is 648 g/mol. The zero-order valence-electron chi connectivity index (χ0n) is 32.9. The van der Waals surface area contributed by atoms with Gasteiger partial charge in [-0.3, -0.25) is 4.79 Å². The highest BCUT2D eigenvalue weighted by Gasteiger charge is 2.44. The molecule has 0 aromatic heterocycles. The van der Waals surface area contributed by atoms with Crippen molar-refractivity contribution in [3.8, 4) is 0 Å². The fourth-order valence-electron chi connectivity index (χ4n) is 6.54. The van der Waals surface area contributed by atoms with Gasteiger partial charge in [-0.05, 0) is 38.5 Å². The van der Waals surface area contributed by atoms with Crippen LogP contribution in [0.2, 0.25) is 0 Å². The monoisotopic (exact) mass is 729 g/mol. The highest BCUT2D eigenvalue weighted by Crippen LogP contribution is 2.22. The number of hydrogen-bond donors (Lipinski definition) is 4. The lowest BCUT2D eigenvalue weighted by Gasteiger charge is -2.39. The van der Waals surface area contributed by atoms with Crippen LogP contribution in [0.4, 0.5) is 0 Å². The third kappa shape index (κ3) is 26.4. The van der Waals surface area contributed by atoms with Gasteiger partial charge in [0.15, 0.2) is 6.29 Å². The Kier molecular flexibility index (Phi) is 32.6. The summed E-state index contributed by atoms with van der Waals surface area (Å²) in [5.74, 6) is -0.315. The van der Waals surface area contributed by atoms with E-state index in [2.05, 4.69) is 26.0 Å². The zero-order chi connectivity index (χ0) is 37.2. The minimum atomic E-state index is -1.53. The van der Waals surface area contributed by atoms with Crippen LogP contribution in [0.5, 0.6) is 0 Å². The van der Waals surface area contributed by atoms with Gasteiger partial charge in [0, 0.05) is 13.0 Å². The van der Waals surface area contributed by atoms with Gasteiger partial charge < -0.3 is 39.4 Å². The molecule has 1 heterocycles. The van der Waals surface area contributed by atoms with Gasteiger partial charge in [-0.25, -0.2) is 0 Å². The van der Waals surface area contributed by atoms with Crippen LogP contribution in [0.15, 0.2) is 12.2 Å². The van der Waals surface area contributed by atoms with E-state index in [1.54, 1.807) is 0 Å². The second-order valence-electron chi connectivity index (χ2n) is 14.8. The number of unbranched alkanes of at least 4 members (excludes halogenated alkanes) is 23. The van der Waals surface area contributed by atoms with Crippen LogP contribution >= 0.6 is 0 Å². The van der Waals surface area contributed by atoms with Gasteiger partial charge in [-0.15, -0.1) is 0 Å². The molecule has 1 aliphatic heterocycles. The average molecular weight is 729 g/mol. The van der Waals surface area contributed by atoms with Crippen molar-refractivity contribution in [2.24, 2.45) is 0 Å². The summed E-state index contributed by atoms with van der Waals surface area (Å²) in [5.41, 5.74) is 0. The lowest BCUT2D eigenvalue weighted by atomic mass is 9.99. The Morgan fingerprint density at radius 3 is 1.59 bits per heavy atom. The summed E-state index contributed by atoms with van der Waals surface area (Å²) in [6.07, 6.45) is 29.5. The summed E-state index contributed by atoms with van der Waals surface area (Å²) >= 11 is 0. The van der Waals surface area contributed by atoms with Crippen LogP contribution in [0.3, 0.4) is 0 Å². The van der Waals surface area contributed by atoms with E-state index in [0.717, 1.165) is 32.1 Å². The van der Waals surface area contributed by atoms with Crippen LogP contribution in [-0.2, 0) is 23.7 Å². The zero-order valence-corrected chi connectivity index (χ0v) is 32.9. The number of aliphatic hydroxyl groups excluding tert-OH is 4. The molecule has 6 atom stereocenters. The maximum absolute atomic E-state index is 12.7. The predicted octanol–water partition coefficient (Wildman–Crippen LogP) is 8.86. The molecule has 0 aromatic carbocycles. The fourth-order valence-corrected chi connectivity index (χ4v) is 6.54. The lowest BCUT2D eigenvalue weighted by molar-refractivity contribution is -0.305. The number of allylic oxidation sites excluding steroid dienone is 2. The van der Waals surface area contributed by atoms with Gasteiger partial charge in [0.2, 0.25) is 0 Å². The molecule has 0 saturated carbocycles. The van der Waals surface area contributed by atoms with E-state index in [-0.39, 0.29) is 19.2 Å². The van der Waals surface area contributed by atoms with Gasteiger partial charge in [0.25, 0.3) is 0 Å². The molecule has 1 fully saturated rings. The summed E-state index contributed by atoms with van der Waals surface area (Å²) < 4.78 is 22.7. The van der Waals surface area contributed by atoms with Crippen molar-refractivity contribution in [3.05, 3.63) is 12.2 Å². The average Bonchev–Trinajstić information content (AvgIpc) is 3.13. The Hall–Kier alpha value is -1.07. The van der Waals surface area contributed by atoms with Crippen molar-refractivity contribution in [1.82, 2.24) is 0 Å². The third-order valence-corrected chi connectivity index (χ3v) is 9.93. The first-order valence-electron chi connectivity index (χ1n) is 21.3. The van der Waals surface area contributed by atoms with Crippen LogP contribution in [0.25, 0.3) is 0 Å². The molecule has 1 aliphatic rings. The Bertz CT molecular complexity index is 792. The van der Waals surface area contributed by atoms with Gasteiger partial charge in [-0.2, -0.15) is 0 Å². The van der Waals surface area contributed by atoms with E-state index in [9.17, 15) is 25.2 Å². The minimum Gasteiger partial charge on any atom is -0.457 e. The Morgan fingerprint density at radius 1 is 0.608 bits per heavy atom. The molecule has 4 N–H and O–H groups in total. The Morgan fingerprint density at radius 2 is 1.08 bits per heavy atom. The van der Waals surface area contributed by atoms with E-state index in [1.165, 1.54) is 135 Å². The summed E-state index contributed by atoms with van der Waals surface area (Å²) in [7, 11) is 0. The standard InChI is InChI=1S/C42H80O9/c1-3-5-7-9-11-13-14-15-16-17-18-19-20-21-22-23-25-27-29-31-38(44)50-36(34-48-32-30-28-26-24-12-10-8-6-4-2)35-49-42-41(47)40(46)39(45)37(33-43)51-42/h15-16,36-37,39-43,45-47H,3-14,17-35H2,1-2H3/b16-15-. The molecule has 1 saturated heterocycles. The van der Waals surface area contributed by atoms with Crippen molar-refractivity contribution in [2.75, 3.05) is 26.4 Å². The van der Waals surface area contributed by atoms with Gasteiger partial charge in [0.05, 0.1) is 19.8 Å². The first-order valence-corrected chi connectivity index (χ1v) is 21.3. The molecule has 6 unspecified atom stereocenters. The fraction of sp³-hybridized carbons (Fsp3) is 0.929. The van der Waals surface area contributed by atoms with Crippen LogP contribution in [0.1, 0.15) is 187 Å². The second-order valence-corrected chi connectivity index (χ2v) is 14.8. The number of ether oxygens (including phenoxy) is 4. The van der Waals surface area contributed by atoms with Gasteiger partial charge in [-0.1, -0.05) is 154 Å². The number of esters is 1. The molecule has 9 nitrogen and oxygen atoms in total. The van der Waals surface area contributed by atoms with Crippen LogP contribution in [-0.4, -0.2) is 89.6 Å². The molecule has 51 heavy (non-hydrogen) atoms. The van der Waals surface area contributed by atoms with Crippen LogP contribution in [0, 0.1) is 0 Å². The van der Waals surface area contributed by atoms with Gasteiger partial charge >= 0.3 is 5.97 Å². The van der Waals surface area contributed by atoms with E-state index in [4.69, 9.17) is 18.9 Å². The largest absolute Gasteiger partial charge is 0.457 e. The highest BCUT2D eigenvalue weighted by molar-refractivity contribution is 5.69. The van der Waals surface area contributed by atoms with Crippen LogP contribution < -0.4 is 0 Å². The molecule has 0 aliphatic carbocycles. The number of aliphatic hydroxyl groups is 4. The van der Waals surface area contributed by atoms with Crippen molar-refractivity contribution in [2.45, 2.75) is 224 Å². The van der Waals surface area contributed by atoms with E-state index in [1.807, 2.05) is 0 Å². The molecule has 302 valence electrons. The summed E-state index contributed by atoms with van der Waals surface area (Å²) in [6, 6.07) is 0. The number of hydrogen-bond acceptors (Lipinski definition) is 9. The number of carbonyl (C=O) groups is 1. The molecule has 0 aromatic rings. The van der Waals surface area contributed by atoms with E-state index < -0.39 is 43.4 Å². The maximum atomic E-state index is 12.7. The number of rotatable bonds is 36. The summed E-state index contributed by atoms with van der Waals surface area (Å²) in [4.78, 5) is 12.7. The quantitative estimate of drug-likeness (QED) is 0.0284. The predicted molar refractivity (Wildman–Crippen MR) is 206 cm³/mol. The lowest BCUT2D eigenvalue weighted by Crippen LogP contribution is -2.59. The maximum Gasteiger partial charge on any atom is 0.306 e. The molecule has 0 bridgehead atoms. The van der Waals surface area contributed by atoms with E-state index >= 15 is 0 Å². The first-order chi connectivity index (χ1) is 24.9. The molecule has 0 radical (unpaired) electrons. The molecule has 9 heteroatoms. The third-order valence-electron chi connectivity index (χ3n) is 9.93. The van der Waals surface area contributed by atoms with E-state index in [0.29, 0.717) is 13.0 Å². The first kappa shape index (κ1) is 48.0. The van der Waals surface area contributed by atoms with Crippen molar-refractivity contribution in [1.29, 1.82) is 0 Å². The van der Waals surface area contributed by atoms with Crippen molar-refractivity contribution in [3.63, 3.8) is 0 Å². The summed E-state index contributed by atoms with van der Waals surface area (Å²) in [5, 5.41) is 40.0. The SMILES string of the molecule is CCCCCCCC/C=C\CCCCCCCCCCCC(=O)OC(COCCCCCCCCCCC)COC1OC(CO)C(O)C(O)C1O. The van der Waals surface area contributed by atoms with Gasteiger partial charge in [0.1, 0.15) is 30.5 Å². The van der Waals surface area contributed by atoms with Crippen molar-refractivity contribution >= 4 is 5.97 Å². The minimum absolute atomic E-state index is 0.109. The molecule has 1 rings (SSSR count).